The standard InChI is InChI=1S/C11H12O3/c1-11(2)13-7-9-5-3-4-8(6-12)10(9)14-11/h3-6H,7H2,1-2H3. The molecule has 0 aromatic heterocycles. The van der Waals surface area contributed by atoms with Crippen LogP contribution in [0.1, 0.15) is 29.8 Å². The number of benzene rings is 1. The second-order valence-corrected chi connectivity index (χ2v) is 3.74. The Labute approximate surface area is 82.6 Å². The van der Waals surface area contributed by atoms with Crippen LogP contribution in [-0.4, -0.2) is 12.1 Å². The number of rotatable bonds is 1. The topological polar surface area (TPSA) is 35.5 Å². The molecule has 0 atom stereocenters. The summed E-state index contributed by atoms with van der Waals surface area (Å²) in [5, 5.41) is 0. The van der Waals surface area contributed by atoms with Gasteiger partial charge < -0.3 is 9.47 Å². The Morgan fingerprint density at radius 1 is 1.43 bits per heavy atom. The molecule has 0 amide bonds. The molecule has 2 rings (SSSR count). The van der Waals surface area contributed by atoms with Crippen molar-refractivity contribution in [3.8, 4) is 5.75 Å². The van der Waals surface area contributed by atoms with Gasteiger partial charge in [0.25, 0.3) is 0 Å². The summed E-state index contributed by atoms with van der Waals surface area (Å²) in [6, 6.07) is 5.47. The third-order valence-corrected chi connectivity index (χ3v) is 2.18. The van der Waals surface area contributed by atoms with Gasteiger partial charge in [0.1, 0.15) is 5.75 Å². The van der Waals surface area contributed by atoms with Gasteiger partial charge in [0.05, 0.1) is 12.2 Å². The highest BCUT2D eigenvalue weighted by atomic mass is 16.7. The molecule has 0 saturated heterocycles. The minimum Gasteiger partial charge on any atom is -0.462 e. The van der Waals surface area contributed by atoms with Crippen LogP contribution in [-0.2, 0) is 11.3 Å². The van der Waals surface area contributed by atoms with Gasteiger partial charge in [-0.25, -0.2) is 0 Å². The Hall–Kier alpha value is -1.35. The number of para-hydroxylation sites is 1. The van der Waals surface area contributed by atoms with E-state index in [1.54, 1.807) is 6.07 Å². The lowest BCUT2D eigenvalue weighted by atomic mass is 10.1. The van der Waals surface area contributed by atoms with Crippen LogP contribution in [0.5, 0.6) is 5.75 Å². The summed E-state index contributed by atoms with van der Waals surface area (Å²) in [7, 11) is 0. The number of fused-ring (bicyclic) bond motifs is 1. The highest BCUT2D eigenvalue weighted by molar-refractivity contribution is 5.80. The molecule has 1 aromatic rings. The van der Waals surface area contributed by atoms with Crippen LogP contribution in [0, 0.1) is 0 Å². The highest BCUT2D eigenvalue weighted by Crippen LogP contribution is 2.33. The van der Waals surface area contributed by atoms with Crippen LogP contribution in [0.25, 0.3) is 0 Å². The zero-order valence-corrected chi connectivity index (χ0v) is 8.24. The Morgan fingerprint density at radius 2 is 2.21 bits per heavy atom. The van der Waals surface area contributed by atoms with Crippen LogP contribution < -0.4 is 4.74 Å². The van der Waals surface area contributed by atoms with Gasteiger partial charge >= 0.3 is 0 Å². The van der Waals surface area contributed by atoms with E-state index in [0.29, 0.717) is 17.9 Å². The zero-order valence-electron chi connectivity index (χ0n) is 8.24. The largest absolute Gasteiger partial charge is 0.462 e. The Kier molecular flexibility index (Phi) is 2.04. The first-order valence-electron chi connectivity index (χ1n) is 4.52. The van der Waals surface area contributed by atoms with Gasteiger partial charge in [0, 0.05) is 19.4 Å². The fourth-order valence-electron chi connectivity index (χ4n) is 1.46. The third kappa shape index (κ3) is 1.51. The maximum Gasteiger partial charge on any atom is 0.205 e. The van der Waals surface area contributed by atoms with Crippen molar-refractivity contribution in [2.45, 2.75) is 26.2 Å². The second-order valence-electron chi connectivity index (χ2n) is 3.74. The Balaban J connectivity index is 2.48. The van der Waals surface area contributed by atoms with Crippen LogP contribution in [0.15, 0.2) is 18.2 Å². The normalized spacial score (nSPS) is 18.1. The summed E-state index contributed by atoms with van der Waals surface area (Å²) >= 11 is 0. The predicted octanol–water partition coefficient (Wildman–Crippen LogP) is 2.14. The van der Waals surface area contributed by atoms with Gasteiger partial charge in [-0.15, -0.1) is 0 Å². The van der Waals surface area contributed by atoms with Gasteiger partial charge in [-0.2, -0.15) is 0 Å². The molecule has 3 heteroatoms. The molecule has 0 unspecified atom stereocenters. The van der Waals surface area contributed by atoms with Crippen LogP contribution in [0.3, 0.4) is 0 Å². The third-order valence-electron chi connectivity index (χ3n) is 2.18. The monoisotopic (exact) mass is 192 g/mol. The highest BCUT2D eigenvalue weighted by Gasteiger charge is 2.28. The summed E-state index contributed by atoms with van der Waals surface area (Å²) in [4.78, 5) is 10.8. The molecular weight excluding hydrogens is 180 g/mol. The molecule has 0 saturated carbocycles. The van der Waals surface area contributed by atoms with Gasteiger partial charge in [-0.05, 0) is 6.07 Å². The molecule has 0 fully saturated rings. The summed E-state index contributed by atoms with van der Waals surface area (Å²) in [5.41, 5.74) is 1.51. The average molecular weight is 192 g/mol. The maximum atomic E-state index is 10.8. The lowest BCUT2D eigenvalue weighted by molar-refractivity contribution is -0.180. The molecule has 0 radical (unpaired) electrons. The smallest absolute Gasteiger partial charge is 0.205 e. The van der Waals surface area contributed by atoms with Crippen molar-refractivity contribution in [3.05, 3.63) is 29.3 Å². The van der Waals surface area contributed by atoms with Gasteiger partial charge in [0.15, 0.2) is 6.29 Å². The quantitative estimate of drug-likeness (QED) is 0.639. The molecule has 3 nitrogen and oxygen atoms in total. The van der Waals surface area contributed by atoms with Crippen LogP contribution in [0.4, 0.5) is 0 Å². The predicted molar refractivity (Wildman–Crippen MR) is 51.3 cm³/mol. The molecule has 1 heterocycles. The number of ether oxygens (including phenoxy) is 2. The van der Waals surface area contributed by atoms with Crippen molar-refractivity contribution in [2.75, 3.05) is 0 Å². The van der Waals surface area contributed by atoms with Crippen molar-refractivity contribution in [1.29, 1.82) is 0 Å². The van der Waals surface area contributed by atoms with Crippen molar-refractivity contribution in [3.63, 3.8) is 0 Å². The average Bonchev–Trinajstić information content (AvgIpc) is 2.15. The van der Waals surface area contributed by atoms with E-state index in [1.807, 2.05) is 26.0 Å². The van der Waals surface area contributed by atoms with E-state index >= 15 is 0 Å². The van der Waals surface area contributed by atoms with E-state index in [1.165, 1.54) is 0 Å². The Morgan fingerprint density at radius 3 is 2.93 bits per heavy atom. The number of hydrogen-bond acceptors (Lipinski definition) is 3. The molecule has 14 heavy (non-hydrogen) atoms. The molecule has 74 valence electrons. The number of aldehydes is 1. The van der Waals surface area contributed by atoms with E-state index in [9.17, 15) is 4.79 Å². The van der Waals surface area contributed by atoms with E-state index in [0.717, 1.165) is 11.8 Å². The van der Waals surface area contributed by atoms with Crippen LogP contribution in [0.2, 0.25) is 0 Å². The lowest BCUT2D eigenvalue weighted by Gasteiger charge is -2.33. The molecule has 0 N–H and O–H groups in total. The molecule has 0 bridgehead atoms. The SMILES string of the molecule is CC1(C)OCc2cccc(C=O)c2O1. The van der Waals surface area contributed by atoms with Gasteiger partial charge in [-0.1, -0.05) is 12.1 Å². The number of carbonyl (C=O) groups excluding carboxylic acids is 1. The minimum absolute atomic E-state index is 0.490. The molecular formula is C11H12O3. The first-order valence-corrected chi connectivity index (χ1v) is 4.52. The van der Waals surface area contributed by atoms with Crippen LogP contribution >= 0.6 is 0 Å². The number of carbonyl (C=O) groups is 1. The molecule has 1 aliphatic heterocycles. The fraction of sp³-hybridized carbons (Fsp3) is 0.364. The summed E-state index contributed by atoms with van der Waals surface area (Å²) < 4.78 is 11.0. The van der Waals surface area contributed by atoms with E-state index in [2.05, 4.69) is 0 Å². The van der Waals surface area contributed by atoms with Crippen molar-refractivity contribution in [2.24, 2.45) is 0 Å². The fourth-order valence-corrected chi connectivity index (χ4v) is 1.46. The van der Waals surface area contributed by atoms with E-state index < -0.39 is 5.79 Å². The van der Waals surface area contributed by atoms with E-state index in [-0.39, 0.29) is 0 Å². The van der Waals surface area contributed by atoms with Crippen molar-refractivity contribution in [1.82, 2.24) is 0 Å². The molecule has 1 aromatic carbocycles. The number of hydrogen-bond donors (Lipinski definition) is 0. The summed E-state index contributed by atoms with van der Waals surface area (Å²) in [6.45, 7) is 4.15. The molecule has 0 aliphatic carbocycles. The first kappa shape index (κ1) is 9.21. The molecule has 0 spiro atoms. The van der Waals surface area contributed by atoms with Crippen molar-refractivity contribution < 1.29 is 14.3 Å². The lowest BCUT2D eigenvalue weighted by Crippen LogP contribution is -2.35. The maximum absolute atomic E-state index is 10.8. The Bertz CT molecular complexity index is 369. The van der Waals surface area contributed by atoms with Gasteiger partial charge in [0.2, 0.25) is 5.79 Å². The summed E-state index contributed by atoms with van der Waals surface area (Å²) in [6.07, 6.45) is 0.806. The van der Waals surface area contributed by atoms with Crippen molar-refractivity contribution >= 4 is 6.29 Å². The van der Waals surface area contributed by atoms with Gasteiger partial charge in [-0.3, -0.25) is 4.79 Å². The summed E-state index contributed by atoms with van der Waals surface area (Å²) in [5.74, 6) is 0.00491. The second kappa shape index (κ2) is 3.10. The zero-order chi connectivity index (χ0) is 10.2. The van der Waals surface area contributed by atoms with E-state index in [4.69, 9.17) is 9.47 Å². The molecule has 1 aliphatic rings. The first-order chi connectivity index (χ1) is 6.62. The minimum atomic E-state index is -0.647.